The Balaban J connectivity index is 1.50. The summed E-state index contributed by atoms with van der Waals surface area (Å²) in [6.07, 6.45) is 14.7. The normalized spacial score (nSPS) is 17.5. The van der Waals surface area contributed by atoms with Gasteiger partial charge in [0.2, 0.25) is 5.95 Å². The van der Waals surface area contributed by atoms with Gasteiger partial charge in [-0.1, -0.05) is 63.5 Å². The zero-order valence-corrected chi connectivity index (χ0v) is 15.8. The molecule has 0 saturated heterocycles. The van der Waals surface area contributed by atoms with Crippen LogP contribution in [-0.2, 0) is 0 Å². The molecule has 1 aromatic carbocycles. The lowest BCUT2D eigenvalue weighted by atomic mass is 9.94. The molecule has 4 rings (SSSR count). The van der Waals surface area contributed by atoms with Gasteiger partial charge in [0.1, 0.15) is 12.2 Å². The molecule has 6 heteroatoms. The molecule has 2 heterocycles. The molecule has 0 unspecified atom stereocenters. The van der Waals surface area contributed by atoms with E-state index in [1.807, 2.05) is 24.3 Å². The summed E-state index contributed by atoms with van der Waals surface area (Å²) in [5, 5.41) is 11.7. The Labute approximate surface area is 160 Å². The SMILES string of the molecule is c1ccc2c(Nc3ncnc(C4CCCCCCCCCC4)n3)n[nH]c2c1. The zero-order valence-electron chi connectivity index (χ0n) is 15.8. The first-order valence-corrected chi connectivity index (χ1v) is 10.3. The molecule has 0 atom stereocenters. The minimum absolute atomic E-state index is 0.433. The van der Waals surface area contributed by atoms with Gasteiger partial charge in [0, 0.05) is 11.3 Å². The highest BCUT2D eigenvalue weighted by Gasteiger charge is 2.16. The van der Waals surface area contributed by atoms with Gasteiger partial charge in [0.05, 0.1) is 5.52 Å². The van der Waals surface area contributed by atoms with E-state index in [0.29, 0.717) is 11.9 Å². The highest BCUT2D eigenvalue weighted by atomic mass is 15.2. The lowest BCUT2D eigenvalue weighted by molar-refractivity contribution is 0.493. The summed E-state index contributed by atoms with van der Waals surface area (Å²) in [7, 11) is 0. The Hall–Kier alpha value is -2.50. The van der Waals surface area contributed by atoms with E-state index in [2.05, 4.69) is 25.5 Å². The molecule has 0 radical (unpaired) electrons. The number of aromatic amines is 1. The summed E-state index contributed by atoms with van der Waals surface area (Å²) >= 11 is 0. The third kappa shape index (κ3) is 4.62. The van der Waals surface area contributed by atoms with E-state index in [4.69, 9.17) is 4.98 Å². The fraction of sp³-hybridized carbons (Fsp3) is 0.524. The lowest BCUT2D eigenvalue weighted by Crippen LogP contribution is -2.08. The monoisotopic (exact) mass is 364 g/mol. The predicted octanol–water partition coefficient (Wildman–Crippen LogP) is 5.49. The van der Waals surface area contributed by atoms with Gasteiger partial charge in [-0.3, -0.25) is 5.10 Å². The molecule has 27 heavy (non-hydrogen) atoms. The van der Waals surface area contributed by atoms with Crippen LogP contribution in [0.15, 0.2) is 30.6 Å². The first kappa shape index (κ1) is 17.9. The predicted molar refractivity (Wildman–Crippen MR) is 108 cm³/mol. The van der Waals surface area contributed by atoms with Gasteiger partial charge >= 0.3 is 0 Å². The van der Waals surface area contributed by atoms with Crippen molar-refractivity contribution in [1.29, 1.82) is 0 Å². The van der Waals surface area contributed by atoms with Gasteiger partial charge in [-0.05, 0) is 25.0 Å². The largest absolute Gasteiger partial charge is 0.307 e. The average Bonchev–Trinajstić information content (AvgIpc) is 3.07. The molecule has 1 aliphatic carbocycles. The minimum Gasteiger partial charge on any atom is -0.307 e. The summed E-state index contributed by atoms with van der Waals surface area (Å²) in [6, 6.07) is 8.04. The molecule has 1 saturated carbocycles. The van der Waals surface area contributed by atoms with E-state index >= 15 is 0 Å². The Morgan fingerprint density at radius 1 is 0.852 bits per heavy atom. The molecule has 3 aromatic rings. The molecule has 1 fully saturated rings. The van der Waals surface area contributed by atoms with Gasteiger partial charge in [-0.25, -0.2) is 9.97 Å². The number of rotatable bonds is 3. The number of H-pyrrole nitrogens is 1. The van der Waals surface area contributed by atoms with Crippen LogP contribution in [-0.4, -0.2) is 25.1 Å². The fourth-order valence-corrected chi connectivity index (χ4v) is 3.98. The van der Waals surface area contributed by atoms with Crippen molar-refractivity contribution in [3.8, 4) is 0 Å². The third-order valence-corrected chi connectivity index (χ3v) is 5.51. The van der Waals surface area contributed by atoms with Crippen molar-refractivity contribution in [3.63, 3.8) is 0 Å². The standard InChI is InChI=1S/C21H28N6/c1-2-4-6-8-12-16(11-7-5-3-1)19-22-15-23-21(24-19)25-20-17-13-9-10-14-18(17)26-27-20/h9-10,13-16H,1-8,11-12H2,(H2,22,23,24,25,26,27). The maximum atomic E-state index is 4.74. The molecule has 1 aliphatic rings. The first-order chi connectivity index (χ1) is 13.4. The minimum atomic E-state index is 0.433. The summed E-state index contributed by atoms with van der Waals surface area (Å²) in [5.74, 6) is 2.69. The van der Waals surface area contributed by atoms with Gasteiger partial charge in [-0.2, -0.15) is 10.1 Å². The second kappa shape index (κ2) is 8.93. The van der Waals surface area contributed by atoms with Crippen molar-refractivity contribution in [2.24, 2.45) is 0 Å². The van der Waals surface area contributed by atoms with Crippen LogP contribution in [0.5, 0.6) is 0 Å². The molecule has 0 spiro atoms. The van der Waals surface area contributed by atoms with E-state index in [1.165, 1.54) is 64.2 Å². The highest BCUT2D eigenvalue weighted by Crippen LogP contribution is 2.28. The van der Waals surface area contributed by atoms with E-state index < -0.39 is 0 Å². The van der Waals surface area contributed by atoms with Crippen LogP contribution in [0, 0.1) is 0 Å². The van der Waals surface area contributed by atoms with Gasteiger partial charge in [0.15, 0.2) is 5.82 Å². The van der Waals surface area contributed by atoms with E-state index in [0.717, 1.165) is 22.5 Å². The van der Waals surface area contributed by atoms with Crippen LogP contribution in [0.2, 0.25) is 0 Å². The zero-order chi connectivity index (χ0) is 18.3. The topological polar surface area (TPSA) is 79.4 Å². The van der Waals surface area contributed by atoms with Crippen molar-refractivity contribution in [3.05, 3.63) is 36.4 Å². The van der Waals surface area contributed by atoms with E-state index in [1.54, 1.807) is 6.33 Å². The first-order valence-electron chi connectivity index (χ1n) is 10.3. The molecule has 0 aliphatic heterocycles. The number of nitrogens with one attached hydrogen (secondary N) is 2. The van der Waals surface area contributed by atoms with Gasteiger partial charge in [0.25, 0.3) is 0 Å². The number of hydrogen-bond donors (Lipinski definition) is 2. The van der Waals surface area contributed by atoms with Crippen molar-refractivity contribution in [2.75, 3.05) is 5.32 Å². The molecular weight excluding hydrogens is 336 g/mol. The molecule has 2 aromatic heterocycles. The van der Waals surface area contributed by atoms with Crippen LogP contribution in [0.4, 0.5) is 11.8 Å². The van der Waals surface area contributed by atoms with Crippen molar-refractivity contribution >= 4 is 22.7 Å². The summed E-state index contributed by atoms with van der Waals surface area (Å²) < 4.78 is 0. The van der Waals surface area contributed by atoms with Crippen LogP contribution < -0.4 is 5.32 Å². The summed E-state index contributed by atoms with van der Waals surface area (Å²) in [4.78, 5) is 13.6. The number of nitrogens with zero attached hydrogens (tertiary/aromatic N) is 4. The summed E-state index contributed by atoms with van der Waals surface area (Å²) in [5.41, 5.74) is 0.998. The average molecular weight is 364 g/mol. The molecule has 6 nitrogen and oxygen atoms in total. The Kier molecular flexibility index (Phi) is 5.92. The van der Waals surface area contributed by atoms with Crippen LogP contribution in [0.1, 0.15) is 76.0 Å². The molecular formula is C21H28N6. The lowest BCUT2D eigenvalue weighted by Gasteiger charge is -2.15. The van der Waals surface area contributed by atoms with Crippen molar-refractivity contribution in [1.82, 2.24) is 25.1 Å². The Bertz CT molecular complexity index is 847. The molecule has 0 amide bonds. The van der Waals surface area contributed by atoms with E-state index in [-0.39, 0.29) is 0 Å². The maximum absolute atomic E-state index is 4.74. The van der Waals surface area contributed by atoms with Crippen LogP contribution >= 0.6 is 0 Å². The van der Waals surface area contributed by atoms with E-state index in [9.17, 15) is 0 Å². The summed E-state index contributed by atoms with van der Waals surface area (Å²) in [6.45, 7) is 0. The van der Waals surface area contributed by atoms with Crippen LogP contribution in [0.25, 0.3) is 10.9 Å². The van der Waals surface area contributed by atoms with Crippen LogP contribution in [0.3, 0.4) is 0 Å². The number of fused-ring (bicyclic) bond motifs is 1. The second-order valence-electron chi connectivity index (χ2n) is 7.51. The Morgan fingerprint density at radius 3 is 2.33 bits per heavy atom. The third-order valence-electron chi connectivity index (χ3n) is 5.51. The maximum Gasteiger partial charge on any atom is 0.231 e. The number of benzene rings is 1. The fourth-order valence-electron chi connectivity index (χ4n) is 3.98. The molecule has 2 N–H and O–H groups in total. The number of hydrogen-bond acceptors (Lipinski definition) is 5. The number of aromatic nitrogens is 5. The van der Waals surface area contributed by atoms with Crippen molar-refractivity contribution < 1.29 is 0 Å². The highest BCUT2D eigenvalue weighted by molar-refractivity contribution is 5.90. The van der Waals surface area contributed by atoms with Gasteiger partial charge in [-0.15, -0.1) is 0 Å². The van der Waals surface area contributed by atoms with Gasteiger partial charge < -0.3 is 5.32 Å². The second-order valence-corrected chi connectivity index (χ2v) is 7.51. The van der Waals surface area contributed by atoms with Crippen molar-refractivity contribution in [2.45, 2.75) is 70.1 Å². The molecule has 0 bridgehead atoms. The molecule has 142 valence electrons. The smallest absolute Gasteiger partial charge is 0.231 e. The Morgan fingerprint density at radius 2 is 1.56 bits per heavy atom. The number of para-hydroxylation sites is 1. The quantitative estimate of drug-likeness (QED) is 0.642. The number of anilines is 2.